The Balaban J connectivity index is 1.49. The molecule has 3 aromatic rings. The fraction of sp³-hybridized carbons (Fsp3) is 0.471. The molecule has 11 heteroatoms. The van der Waals surface area contributed by atoms with E-state index in [0.717, 1.165) is 33.9 Å². The van der Waals surface area contributed by atoms with E-state index in [9.17, 15) is 19.2 Å². The van der Waals surface area contributed by atoms with E-state index in [1.807, 2.05) is 42.5 Å². The highest BCUT2D eigenvalue weighted by Crippen LogP contribution is 2.35. The molecule has 2 aliphatic heterocycles. The highest BCUT2D eigenvalue weighted by molar-refractivity contribution is 5.95. The Hall–Kier alpha value is -4.22. The summed E-state index contributed by atoms with van der Waals surface area (Å²) in [5, 5.41) is 10.2. The van der Waals surface area contributed by atoms with Crippen molar-refractivity contribution in [2.24, 2.45) is 0 Å². The van der Waals surface area contributed by atoms with E-state index >= 15 is 0 Å². The molecule has 11 nitrogen and oxygen atoms in total. The third-order valence-electron chi connectivity index (χ3n) is 8.33. The lowest BCUT2D eigenvalue weighted by Crippen LogP contribution is -2.60. The standard InChI is InChI=1S/C34H43N5O6/c1-33(2,3)45-32(43)38-34(4,5)31(42)37-29(26(20-40)25-19-36-27-9-7-6-8-24(25)27)28-23-11-10-22(18-21(23)12-13-35-28)30(41)39-14-16-44-17-15-39/h6-11,18-20,26,28-29,35-36H,12-17H2,1-5H3,(H,37,42)(H,38,43). The van der Waals surface area contributed by atoms with Crippen LogP contribution < -0.4 is 16.0 Å². The number of alkyl carbamates (subject to hydrolysis) is 1. The lowest BCUT2D eigenvalue weighted by atomic mass is 9.80. The van der Waals surface area contributed by atoms with Crippen LogP contribution in [0.2, 0.25) is 0 Å². The summed E-state index contributed by atoms with van der Waals surface area (Å²) < 4.78 is 10.8. The number of rotatable bonds is 8. The van der Waals surface area contributed by atoms with Gasteiger partial charge in [-0.2, -0.15) is 0 Å². The van der Waals surface area contributed by atoms with Crippen molar-refractivity contribution >= 4 is 35.1 Å². The maximum absolute atomic E-state index is 13.9. The number of hydrogen-bond donors (Lipinski definition) is 4. The number of para-hydroxylation sites is 1. The summed E-state index contributed by atoms with van der Waals surface area (Å²) in [6.07, 6.45) is 2.63. The summed E-state index contributed by atoms with van der Waals surface area (Å²) in [5.41, 5.74) is 2.00. The molecule has 3 unspecified atom stereocenters. The van der Waals surface area contributed by atoms with Crippen LogP contribution in [-0.4, -0.2) is 84.1 Å². The zero-order valence-electron chi connectivity index (χ0n) is 26.6. The highest BCUT2D eigenvalue weighted by Gasteiger charge is 2.40. The van der Waals surface area contributed by atoms with E-state index in [1.54, 1.807) is 45.7 Å². The van der Waals surface area contributed by atoms with Crippen LogP contribution in [0, 0.1) is 0 Å². The average molecular weight is 618 g/mol. The summed E-state index contributed by atoms with van der Waals surface area (Å²) in [4.78, 5) is 57.8. The minimum Gasteiger partial charge on any atom is -0.444 e. The normalized spacial score (nSPS) is 18.4. The number of morpholine rings is 1. The van der Waals surface area contributed by atoms with Gasteiger partial charge in [0.15, 0.2) is 0 Å². The van der Waals surface area contributed by atoms with Gasteiger partial charge in [0.1, 0.15) is 17.4 Å². The summed E-state index contributed by atoms with van der Waals surface area (Å²) in [6, 6.07) is 12.1. The number of amides is 3. The number of carbonyl (C=O) groups excluding carboxylic acids is 4. The molecule has 5 rings (SSSR count). The van der Waals surface area contributed by atoms with Crippen molar-refractivity contribution in [2.75, 3.05) is 32.8 Å². The van der Waals surface area contributed by atoms with Crippen LogP contribution in [0.5, 0.6) is 0 Å². The Kier molecular flexibility index (Phi) is 9.31. The van der Waals surface area contributed by atoms with Crippen LogP contribution >= 0.6 is 0 Å². The molecular formula is C34H43N5O6. The van der Waals surface area contributed by atoms with E-state index in [0.29, 0.717) is 44.8 Å². The highest BCUT2D eigenvalue weighted by atomic mass is 16.6. The third kappa shape index (κ3) is 7.20. The second-order valence-electron chi connectivity index (χ2n) is 13.2. The van der Waals surface area contributed by atoms with Gasteiger partial charge in [0.05, 0.1) is 31.2 Å². The first-order valence-corrected chi connectivity index (χ1v) is 15.4. The zero-order chi connectivity index (χ0) is 32.4. The van der Waals surface area contributed by atoms with Crippen LogP contribution in [0.25, 0.3) is 10.9 Å². The smallest absolute Gasteiger partial charge is 0.408 e. The number of benzene rings is 2. The summed E-state index contributed by atoms with van der Waals surface area (Å²) in [6.45, 7) is 11.1. The predicted octanol–water partition coefficient (Wildman–Crippen LogP) is 3.60. The zero-order valence-corrected chi connectivity index (χ0v) is 26.6. The van der Waals surface area contributed by atoms with Crippen molar-refractivity contribution in [1.82, 2.24) is 25.8 Å². The van der Waals surface area contributed by atoms with E-state index in [-0.39, 0.29) is 5.91 Å². The fourth-order valence-corrected chi connectivity index (χ4v) is 6.05. The fourth-order valence-electron chi connectivity index (χ4n) is 6.05. The number of aldehydes is 1. The largest absolute Gasteiger partial charge is 0.444 e. The Morgan fingerprint density at radius 3 is 2.51 bits per heavy atom. The molecule has 3 amide bonds. The van der Waals surface area contributed by atoms with Crippen molar-refractivity contribution in [3.05, 3.63) is 70.9 Å². The molecule has 1 saturated heterocycles. The monoisotopic (exact) mass is 617 g/mol. The van der Waals surface area contributed by atoms with Gasteiger partial charge >= 0.3 is 6.09 Å². The topological polar surface area (TPSA) is 142 Å². The number of fused-ring (bicyclic) bond motifs is 2. The Bertz CT molecular complexity index is 1570. The maximum atomic E-state index is 13.9. The Morgan fingerprint density at radius 1 is 1.07 bits per heavy atom. The second-order valence-corrected chi connectivity index (χ2v) is 13.2. The first-order valence-electron chi connectivity index (χ1n) is 15.4. The molecular weight excluding hydrogens is 574 g/mol. The Labute approximate surface area is 263 Å². The molecule has 2 aliphatic rings. The number of aromatic amines is 1. The van der Waals surface area contributed by atoms with Crippen LogP contribution in [-0.2, 0) is 25.5 Å². The minimum atomic E-state index is -1.36. The number of aromatic nitrogens is 1. The molecule has 1 fully saturated rings. The lowest BCUT2D eigenvalue weighted by molar-refractivity contribution is -0.127. The van der Waals surface area contributed by atoms with Gasteiger partial charge in [-0.1, -0.05) is 24.3 Å². The summed E-state index contributed by atoms with van der Waals surface area (Å²) in [5.74, 6) is -1.26. The average Bonchev–Trinajstić information content (AvgIpc) is 3.43. The van der Waals surface area contributed by atoms with Gasteiger partial charge in [0, 0.05) is 35.8 Å². The molecule has 2 aromatic carbocycles. The van der Waals surface area contributed by atoms with Gasteiger partial charge < -0.3 is 40.1 Å². The SMILES string of the molecule is CC(C)(C)OC(=O)NC(C)(C)C(=O)NC(C(C=O)c1c[nH]c2ccccc12)C1NCCc2cc(C(=O)N3CCOCC3)ccc21. The van der Waals surface area contributed by atoms with E-state index in [4.69, 9.17) is 9.47 Å². The van der Waals surface area contributed by atoms with Crippen LogP contribution in [0.3, 0.4) is 0 Å². The van der Waals surface area contributed by atoms with Crippen LogP contribution in [0.15, 0.2) is 48.7 Å². The molecule has 3 heterocycles. The second kappa shape index (κ2) is 13.0. The van der Waals surface area contributed by atoms with Gasteiger partial charge in [0.2, 0.25) is 5.91 Å². The molecule has 1 aromatic heterocycles. The minimum absolute atomic E-state index is 0.0411. The van der Waals surface area contributed by atoms with Gasteiger partial charge in [0.25, 0.3) is 5.91 Å². The van der Waals surface area contributed by atoms with Gasteiger partial charge in [-0.25, -0.2) is 4.79 Å². The number of nitrogens with one attached hydrogen (secondary N) is 4. The molecule has 0 aliphatic carbocycles. The maximum Gasteiger partial charge on any atom is 0.408 e. The molecule has 0 bridgehead atoms. The summed E-state index contributed by atoms with van der Waals surface area (Å²) in [7, 11) is 0. The first kappa shape index (κ1) is 32.2. The van der Waals surface area contributed by atoms with E-state index < -0.39 is 41.1 Å². The molecule has 0 radical (unpaired) electrons. The first-order chi connectivity index (χ1) is 21.4. The number of carbonyl (C=O) groups is 4. The molecule has 240 valence electrons. The van der Waals surface area contributed by atoms with Gasteiger partial charge in [-0.3, -0.25) is 9.59 Å². The van der Waals surface area contributed by atoms with Gasteiger partial charge in [-0.05, 0) is 82.5 Å². The molecule has 0 saturated carbocycles. The van der Waals surface area contributed by atoms with Gasteiger partial charge in [-0.15, -0.1) is 0 Å². The molecule has 0 spiro atoms. The number of hydrogen-bond acceptors (Lipinski definition) is 7. The van der Waals surface area contributed by atoms with Crippen molar-refractivity contribution in [3.63, 3.8) is 0 Å². The quantitative estimate of drug-likeness (QED) is 0.283. The van der Waals surface area contributed by atoms with Crippen LogP contribution in [0.4, 0.5) is 4.79 Å². The third-order valence-corrected chi connectivity index (χ3v) is 8.33. The number of ether oxygens (including phenoxy) is 2. The van der Waals surface area contributed by atoms with E-state index in [1.165, 1.54) is 0 Å². The van der Waals surface area contributed by atoms with Crippen molar-refractivity contribution in [3.8, 4) is 0 Å². The van der Waals surface area contributed by atoms with Crippen molar-refractivity contribution < 1.29 is 28.7 Å². The molecule has 3 atom stereocenters. The molecule has 45 heavy (non-hydrogen) atoms. The predicted molar refractivity (Wildman–Crippen MR) is 170 cm³/mol. The lowest BCUT2D eigenvalue weighted by Gasteiger charge is -2.38. The number of H-pyrrole nitrogens is 1. The van der Waals surface area contributed by atoms with Crippen molar-refractivity contribution in [1.29, 1.82) is 0 Å². The Morgan fingerprint density at radius 2 is 1.80 bits per heavy atom. The number of nitrogens with zero attached hydrogens (tertiary/aromatic N) is 1. The van der Waals surface area contributed by atoms with Crippen molar-refractivity contribution in [2.45, 2.75) is 70.2 Å². The molecule has 4 N–H and O–H groups in total. The summed E-state index contributed by atoms with van der Waals surface area (Å²) >= 11 is 0. The van der Waals surface area contributed by atoms with Crippen LogP contribution in [0.1, 0.15) is 73.6 Å². The van der Waals surface area contributed by atoms with E-state index in [2.05, 4.69) is 20.9 Å².